The molecule has 140 valence electrons. The van der Waals surface area contributed by atoms with Crippen LogP contribution < -0.4 is 10.1 Å². The molecule has 0 saturated heterocycles. The molecule has 0 bridgehead atoms. The number of nitrogens with one attached hydrogen (secondary N) is 3. The Morgan fingerprint density at radius 3 is 2.52 bits per heavy atom. The zero-order valence-corrected chi connectivity index (χ0v) is 16.1. The van der Waals surface area contributed by atoms with E-state index < -0.39 is 22.5 Å². The summed E-state index contributed by atoms with van der Waals surface area (Å²) in [5.41, 5.74) is 3.61. The molecule has 27 heavy (non-hydrogen) atoms. The van der Waals surface area contributed by atoms with E-state index in [0.717, 1.165) is 10.9 Å². The molecule has 0 unspecified atom stereocenters. The third-order valence-electron chi connectivity index (χ3n) is 3.60. The lowest BCUT2D eigenvalue weighted by atomic mass is 10.2. The Hall–Kier alpha value is -2.39. The van der Waals surface area contributed by atoms with E-state index in [0.29, 0.717) is 15.7 Å². The lowest BCUT2D eigenvalue weighted by molar-refractivity contribution is -0.119. The fourth-order valence-corrected chi connectivity index (χ4v) is 3.65. The van der Waals surface area contributed by atoms with E-state index in [1.807, 2.05) is 24.3 Å². The zero-order valence-electron chi connectivity index (χ0n) is 13.7. The largest absolute Gasteiger partial charge is 0.352 e. The Kier molecular flexibility index (Phi) is 5.81. The number of hydrogen-bond donors (Lipinski definition) is 3. The molecule has 1 heterocycles. The normalized spacial score (nSPS) is 11.9. The lowest BCUT2D eigenvalue weighted by Crippen LogP contribution is -2.34. The minimum Gasteiger partial charge on any atom is -0.352 e. The Labute approximate surface area is 165 Å². The molecule has 3 N–H and O–H groups in total. The fraction of sp³-hybridized carbons (Fsp3) is 0.0588. The SMILES string of the molecule is O=C(CNS(=O)(=O)c1ccc(Cl)cc1)N/N=C\c1[nH]c2ccccc2c1Cl. The summed E-state index contributed by atoms with van der Waals surface area (Å²) < 4.78 is 26.4. The van der Waals surface area contributed by atoms with Gasteiger partial charge >= 0.3 is 0 Å². The van der Waals surface area contributed by atoms with Gasteiger partial charge in [0.1, 0.15) is 0 Å². The van der Waals surface area contributed by atoms with Gasteiger partial charge in [-0.1, -0.05) is 41.4 Å². The second-order valence-corrected chi connectivity index (χ2v) is 8.05. The quantitative estimate of drug-likeness (QED) is 0.418. The predicted molar refractivity (Wildman–Crippen MR) is 106 cm³/mol. The Bertz CT molecular complexity index is 1110. The number of para-hydroxylation sites is 1. The topological polar surface area (TPSA) is 103 Å². The van der Waals surface area contributed by atoms with Crippen molar-refractivity contribution in [1.29, 1.82) is 0 Å². The van der Waals surface area contributed by atoms with Crippen molar-refractivity contribution < 1.29 is 13.2 Å². The third-order valence-corrected chi connectivity index (χ3v) is 5.68. The molecule has 2 aromatic carbocycles. The maximum atomic E-state index is 12.1. The van der Waals surface area contributed by atoms with Gasteiger partial charge < -0.3 is 4.98 Å². The van der Waals surface area contributed by atoms with Crippen molar-refractivity contribution in [3.8, 4) is 0 Å². The molecule has 0 atom stereocenters. The molecular formula is C17H14Cl2N4O3S. The number of aromatic amines is 1. The van der Waals surface area contributed by atoms with Crippen LogP contribution in [0.4, 0.5) is 0 Å². The van der Waals surface area contributed by atoms with Crippen LogP contribution in [0.3, 0.4) is 0 Å². The van der Waals surface area contributed by atoms with Crippen LogP contribution in [0.25, 0.3) is 10.9 Å². The van der Waals surface area contributed by atoms with Crippen LogP contribution in [0.1, 0.15) is 5.69 Å². The molecule has 0 saturated carbocycles. The van der Waals surface area contributed by atoms with E-state index in [1.165, 1.54) is 30.5 Å². The average molecular weight is 425 g/mol. The van der Waals surface area contributed by atoms with Crippen LogP contribution in [-0.4, -0.2) is 32.1 Å². The summed E-state index contributed by atoms with van der Waals surface area (Å²) in [6.45, 7) is -0.470. The van der Waals surface area contributed by atoms with Crippen LogP contribution in [0.5, 0.6) is 0 Å². The predicted octanol–water partition coefficient (Wildman–Crippen LogP) is 2.90. The molecule has 3 aromatic rings. The number of sulfonamides is 1. The zero-order chi connectivity index (χ0) is 19.4. The van der Waals surface area contributed by atoms with E-state index in [-0.39, 0.29) is 4.90 Å². The molecule has 0 spiro atoms. The first-order valence-corrected chi connectivity index (χ1v) is 9.94. The summed E-state index contributed by atoms with van der Waals surface area (Å²) in [4.78, 5) is 14.9. The van der Waals surface area contributed by atoms with Gasteiger partial charge in [0, 0.05) is 15.9 Å². The van der Waals surface area contributed by atoms with Crippen LogP contribution in [0.15, 0.2) is 58.5 Å². The van der Waals surface area contributed by atoms with Gasteiger partial charge in [-0.15, -0.1) is 0 Å². The smallest absolute Gasteiger partial charge is 0.255 e. The Morgan fingerprint density at radius 2 is 1.81 bits per heavy atom. The van der Waals surface area contributed by atoms with Gasteiger partial charge in [-0.2, -0.15) is 5.10 Å². The number of aromatic nitrogens is 1. The number of H-pyrrole nitrogens is 1. The van der Waals surface area contributed by atoms with Gasteiger partial charge in [0.05, 0.1) is 28.4 Å². The maximum absolute atomic E-state index is 12.1. The highest BCUT2D eigenvalue weighted by molar-refractivity contribution is 7.89. The highest BCUT2D eigenvalue weighted by atomic mass is 35.5. The second kappa shape index (κ2) is 8.10. The molecule has 0 aliphatic heterocycles. The summed E-state index contributed by atoms with van der Waals surface area (Å²) in [6, 6.07) is 13.0. The van der Waals surface area contributed by atoms with Gasteiger partial charge in [-0.05, 0) is 30.3 Å². The molecule has 7 nitrogen and oxygen atoms in total. The van der Waals surface area contributed by atoms with Gasteiger partial charge in [0.2, 0.25) is 10.0 Å². The van der Waals surface area contributed by atoms with Crippen LogP contribution in [0, 0.1) is 0 Å². The van der Waals surface area contributed by atoms with Crippen molar-refractivity contribution in [1.82, 2.24) is 15.1 Å². The standard InChI is InChI=1S/C17H14Cl2N4O3S/c18-11-5-7-12(8-6-11)27(25,26)21-10-16(24)23-20-9-15-17(19)13-3-1-2-4-14(13)22-15/h1-9,21-22H,10H2,(H,23,24)/b20-9-. The summed E-state index contributed by atoms with van der Waals surface area (Å²) in [5.74, 6) is -0.629. The van der Waals surface area contributed by atoms with Crippen LogP contribution in [0.2, 0.25) is 10.0 Å². The van der Waals surface area contributed by atoms with E-state index in [9.17, 15) is 13.2 Å². The number of hydrogen-bond acceptors (Lipinski definition) is 4. The van der Waals surface area contributed by atoms with E-state index in [4.69, 9.17) is 23.2 Å². The molecule has 1 amide bonds. The molecule has 0 aliphatic carbocycles. The first kappa shape index (κ1) is 19.4. The average Bonchev–Trinajstić information content (AvgIpc) is 2.97. The van der Waals surface area contributed by atoms with E-state index >= 15 is 0 Å². The number of amides is 1. The first-order chi connectivity index (χ1) is 12.9. The third kappa shape index (κ3) is 4.67. The fourth-order valence-electron chi connectivity index (χ4n) is 2.28. The molecule has 0 radical (unpaired) electrons. The lowest BCUT2D eigenvalue weighted by Gasteiger charge is -2.05. The van der Waals surface area contributed by atoms with Crippen molar-refractivity contribution in [2.24, 2.45) is 5.10 Å². The summed E-state index contributed by atoms with van der Waals surface area (Å²) >= 11 is 12.0. The number of nitrogens with zero attached hydrogens (tertiary/aromatic N) is 1. The number of carbonyl (C=O) groups excluding carboxylic acids is 1. The number of carbonyl (C=O) groups is 1. The molecule has 0 fully saturated rings. The molecule has 10 heteroatoms. The summed E-state index contributed by atoms with van der Waals surface area (Å²) in [7, 11) is -3.82. The number of benzene rings is 2. The van der Waals surface area contributed by atoms with Gasteiger partial charge in [0.25, 0.3) is 5.91 Å². The summed E-state index contributed by atoms with van der Waals surface area (Å²) in [5, 5.41) is 5.52. The highest BCUT2D eigenvalue weighted by Gasteiger charge is 2.15. The summed E-state index contributed by atoms with van der Waals surface area (Å²) in [6.07, 6.45) is 1.36. The second-order valence-electron chi connectivity index (χ2n) is 5.47. The molecular weight excluding hydrogens is 411 g/mol. The first-order valence-electron chi connectivity index (χ1n) is 7.70. The van der Waals surface area contributed by atoms with E-state index in [2.05, 4.69) is 20.2 Å². The van der Waals surface area contributed by atoms with Crippen molar-refractivity contribution >= 4 is 56.2 Å². The van der Waals surface area contributed by atoms with Gasteiger partial charge in [-0.25, -0.2) is 18.6 Å². The minimum absolute atomic E-state index is 0.00746. The Morgan fingerprint density at radius 1 is 1.11 bits per heavy atom. The van der Waals surface area contributed by atoms with Crippen LogP contribution in [-0.2, 0) is 14.8 Å². The maximum Gasteiger partial charge on any atom is 0.255 e. The monoisotopic (exact) mass is 424 g/mol. The van der Waals surface area contributed by atoms with Crippen molar-refractivity contribution in [2.75, 3.05) is 6.54 Å². The Balaban J connectivity index is 1.58. The molecule has 0 aliphatic rings. The highest BCUT2D eigenvalue weighted by Crippen LogP contribution is 2.25. The van der Waals surface area contributed by atoms with E-state index in [1.54, 1.807) is 0 Å². The van der Waals surface area contributed by atoms with Gasteiger partial charge in [0.15, 0.2) is 0 Å². The minimum atomic E-state index is -3.82. The number of rotatable bonds is 6. The van der Waals surface area contributed by atoms with Crippen molar-refractivity contribution in [3.63, 3.8) is 0 Å². The molecule has 3 rings (SSSR count). The van der Waals surface area contributed by atoms with Crippen molar-refractivity contribution in [3.05, 3.63) is 64.3 Å². The van der Waals surface area contributed by atoms with Crippen molar-refractivity contribution in [2.45, 2.75) is 4.90 Å². The van der Waals surface area contributed by atoms with Gasteiger partial charge in [-0.3, -0.25) is 4.79 Å². The number of hydrazone groups is 1. The number of halogens is 2. The number of fused-ring (bicyclic) bond motifs is 1. The molecule has 1 aromatic heterocycles. The van der Waals surface area contributed by atoms with Crippen LogP contribution >= 0.6 is 23.2 Å².